The fraction of sp³-hybridized carbons (Fsp3) is 0.286. The van der Waals surface area contributed by atoms with E-state index in [1.54, 1.807) is 0 Å². The van der Waals surface area contributed by atoms with Crippen LogP contribution in [0.1, 0.15) is 31.2 Å². The molecule has 1 N–H and O–H groups in total. The first-order valence-electron chi connectivity index (χ1n) is 5.75. The van der Waals surface area contributed by atoms with Gasteiger partial charge in [-0.05, 0) is 18.6 Å². The molecule has 0 radical (unpaired) electrons. The van der Waals surface area contributed by atoms with Crippen molar-refractivity contribution < 1.29 is 0 Å². The molecule has 0 spiro atoms. The Morgan fingerprint density at radius 1 is 1.24 bits per heavy atom. The number of aryl methyl sites for hydroxylation is 1. The first-order chi connectivity index (χ1) is 8.08. The van der Waals surface area contributed by atoms with Gasteiger partial charge in [0.1, 0.15) is 10.5 Å². The SMILES string of the molecule is Cc1ccccc1-c1cc(=S)nc(C(C)C)[nH]1. The first kappa shape index (κ1) is 12.0. The normalized spacial score (nSPS) is 10.8. The van der Waals surface area contributed by atoms with E-state index in [1.807, 2.05) is 18.2 Å². The van der Waals surface area contributed by atoms with Crippen molar-refractivity contribution in [2.45, 2.75) is 26.7 Å². The van der Waals surface area contributed by atoms with Gasteiger partial charge < -0.3 is 4.98 Å². The summed E-state index contributed by atoms with van der Waals surface area (Å²) in [7, 11) is 0. The highest BCUT2D eigenvalue weighted by Crippen LogP contribution is 2.22. The zero-order chi connectivity index (χ0) is 12.4. The zero-order valence-electron chi connectivity index (χ0n) is 10.3. The standard InChI is InChI=1S/C14H16N2S/c1-9(2)14-15-12(8-13(17)16-14)11-7-5-4-6-10(11)3/h4-9H,1-3H3,(H,15,16,17). The van der Waals surface area contributed by atoms with Gasteiger partial charge in [-0.15, -0.1) is 0 Å². The van der Waals surface area contributed by atoms with Gasteiger partial charge in [0.25, 0.3) is 0 Å². The number of aromatic nitrogens is 2. The van der Waals surface area contributed by atoms with Crippen LogP contribution in [0.5, 0.6) is 0 Å². The van der Waals surface area contributed by atoms with E-state index in [-0.39, 0.29) is 0 Å². The number of hydrogen-bond donors (Lipinski definition) is 1. The Morgan fingerprint density at radius 3 is 2.59 bits per heavy atom. The lowest BCUT2D eigenvalue weighted by Gasteiger charge is -2.10. The lowest BCUT2D eigenvalue weighted by atomic mass is 10.1. The summed E-state index contributed by atoms with van der Waals surface area (Å²) in [6.45, 7) is 6.31. The maximum atomic E-state index is 5.22. The lowest BCUT2D eigenvalue weighted by Crippen LogP contribution is -1.99. The molecule has 0 amide bonds. The summed E-state index contributed by atoms with van der Waals surface area (Å²) in [5.41, 5.74) is 3.47. The van der Waals surface area contributed by atoms with E-state index in [0.717, 1.165) is 11.5 Å². The van der Waals surface area contributed by atoms with E-state index >= 15 is 0 Å². The Labute approximate surface area is 107 Å². The molecule has 1 heterocycles. The molecule has 2 aromatic rings. The van der Waals surface area contributed by atoms with Crippen molar-refractivity contribution in [2.24, 2.45) is 0 Å². The molecule has 1 aromatic carbocycles. The minimum absolute atomic E-state index is 0.348. The summed E-state index contributed by atoms with van der Waals surface area (Å²) in [6.07, 6.45) is 0. The van der Waals surface area contributed by atoms with Crippen molar-refractivity contribution in [3.63, 3.8) is 0 Å². The van der Waals surface area contributed by atoms with Crippen LogP contribution >= 0.6 is 12.2 Å². The van der Waals surface area contributed by atoms with Gasteiger partial charge in [0.15, 0.2) is 0 Å². The molecule has 0 fully saturated rings. The Morgan fingerprint density at radius 2 is 1.94 bits per heavy atom. The molecular weight excluding hydrogens is 228 g/mol. The van der Waals surface area contributed by atoms with Crippen LogP contribution in [0.2, 0.25) is 0 Å². The molecular formula is C14H16N2S. The van der Waals surface area contributed by atoms with Crippen molar-refractivity contribution in [1.82, 2.24) is 9.97 Å². The van der Waals surface area contributed by atoms with Crippen molar-refractivity contribution in [1.29, 1.82) is 0 Å². The number of aromatic amines is 1. The predicted molar refractivity (Wildman–Crippen MR) is 73.7 cm³/mol. The topological polar surface area (TPSA) is 28.7 Å². The highest BCUT2D eigenvalue weighted by molar-refractivity contribution is 7.71. The van der Waals surface area contributed by atoms with Gasteiger partial charge in [-0.25, -0.2) is 4.98 Å². The summed E-state index contributed by atoms with van der Waals surface area (Å²) in [4.78, 5) is 7.71. The summed E-state index contributed by atoms with van der Waals surface area (Å²) in [6, 6.07) is 10.2. The molecule has 88 valence electrons. The second-order valence-electron chi connectivity index (χ2n) is 4.49. The van der Waals surface area contributed by atoms with Crippen molar-refractivity contribution in [2.75, 3.05) is 0 Å². The molecule has 0 saturated carbocycles. The van der Waals surface area contributed by atoms with Gasteiger partial charge in [-0.2, -0.15) is 0 Å². The number of nitrogens with one attached hydrogen (secondary N) is 1. The van der Waals surface area contributed by atoms with E-state index in [2.05, 4.69) is 42.9 Å². The third-order valence-electron chi connectivity index (χ3n) is 2.74. The van der Waals surface area contributed by atoms with Crippen LogP contribution in [0.15, 0.2) is 30.3 Å². The van der Waals surface area contributed by atoms with Gasteiger partial charge in [0.05, 0.1) is 0 Å². The maximum Gasteiger partial charge on any atom is 0.130 e. The molecule has 2 rings (SSSR count). The van der Waals surface area contributed by atoms with E-state index in [4.69, 9.17) is 12.2 Å². The summed E-state index contributed by atoms with van der Waals surface area (Å²) >= 11 is 5.22. The second kappa shape index (κ2) is 4.80. The van der Waals surface area contributed by atoms with Crippen LogP contribution in [0.4, 0.5) is 0 Å². The molecule has 0 unspecified atom stereocenters. The van der Waals surface area contributed by atoms with E-state index in [0.29, 0.717) is 10.6 Å². The van der Waals surface area contributed by atoms with Gasteiger partial charge >= 0.3 is 0 Å². The molecule has 0 aliphatic heterocycles. The highest BCUT2D eigenvalue weighted by Gasteiger charge is 2.06. The molecule has 17 heavy (non-hydrogen) atoms. The van der Waals surface area contributed by atoms with E-state index in [1.165, 1.54) is 11.1 Å². The second-order valence-corrected chi connectivity index (χ2v) is 4.91. The number of hydrogen-bond acceptors (Lipinski definition) is 2. The third-order valence-corrected chi connectivity index (χ3v) is 2.95. The molecule has 0 atom stereocenters. The quantitative estimate of drug-likeness (QED) is 0.800. The lowest BCUT2D eigenvalue weighted by molar-refractivity contribution is 0.773. The highest BCUT2D eigenvalue weighted by atomic mass is 32.1. The third kappa shape index (κ3) is 2.61. The molecule has 1 aromatic heterocycles. The average molecular weight is 244 g/mol. The number of H-pyrrole nitrogens is 1. The van der Waals surface area contributed by atoms with E-state index in [9.17, 15) is 0 Å². The molecule has 2 nitrogen and oxygen atoms in total. The van der Waals surface area contributed by atoms with Crippen LogP contribution in [0.3, 0.4) is 0 Å². The maximum absolute atomic E-state index is 5.22. The summed E-state index contributed by atoms with van der Waals surface area (Å²) in [5, 5.41) is 0. The number of nitrogens with zero attached hydrogens (tertiary/aromatic N) is 1. The minimum Gasteiger partial charge on any atom is -0.343 e. The monoisotopic (exact) mass is 244 g/mol. The summed E-state index contributed by atoms with van der Waals surface area (Å²) in [5.74, 6) is 1.29. The first-order valence-corrected chi connectivity index (χ1v) is 6.16. The van der Waals surface area contributed by atoms with Gasteiger partial charge in [-0.1, -0.05) is 50.3 Å². The van der Waals surface area contributed by atoms with Crippen molar-refractivity contribution in [3.05, 3.63) is 46.4 Å². The molecule has 0 aliphatic rings. The fourth-order valence-corrected chi connectivity index (χ4v) is 1.99. The summed E-state index contributed by atoms with van der Waals surface area (Å²) < 4.78 is 0.644. The van der Waals surface area contributed by atoms with Gasteiger partial charge in [0, 0.05) is 17.2 Å². The van der Waals surface area contributed by atoms with Gasteiger partial charge in [0.2, 0.25) is 0 Å². The zero-order valence-corrected chi connectivity index (χ0v) is 11.1. The molecule has 3 heteroatoms. The fourth-order valence-electron chi connectivity index (χ4n) is 1.77. The molecule has 0 aliphatic carbocycles. The predicted octanol–water partition coefficient (Wildman–Crippen LogP) is 4.24. The van der Waals surface area contributed by atoms with Crippen LogP contribution in [-0.2, 0) is 0 Å². The molecule has 0 saturated heterocycles. The average Bonchev–Trinajstić information content (AvgIpc) is 2.28. The van der Waals surface area contributed by atoms with Crippen LogP contribution < -0.4 is 0 Å². The van der Waals surface area contributed by atoms with Crippen molar-refractivity contribution in [3.8, 4) is 11.3 Å². The Hall–Kier alpha value is -1.48. The molecule has 0 bridgehead atoms. The Bertz CT molecular complexity index is 585. The smallest absolute Gasteiger partial charge is 0.130 e. The van der Waals surface area contributed by atoms with Crippen LogP contribution in [-0.4, -0.2) is 9.97 Å². The van der Waals surface area contributed by atoms with E-state index < -0.39 is 0 Å². The largest absolute Gasteiger partial charge is 0.343 e. The Balaban J connectivity index is 2.60. The number of rotatable bonds is 2. The Kier molecular flexibility index (Phi) is 3.38. The van der Waals surface area contributed by atoms with Gasteiger partial charge in [-0.3, -0.25) is 0 Å². The van der Waals surface area contributed by atoms with Crippen molar-refractivity contribution >= 4 is 12.2 Å². The number of benzene rings is 1. The van der Waals surface area contributed by atoms with Crippen LogP contribution in [0, 0.1) is 11.6 Å². The van der Waals surface area contributed by atoms with Crippen LogP contribution in [0.25, 0.3) is 11.3 Å². The minimum atomic E-state index is 0.348.